The lowest BCUT2D eigenvalue weighted by atomic mass is 10.1. The van der Waals surface area contributed by atoms with E-state index in [0.717, 1.165) is 6.42 Å². The van der Waals surface area contributed by atoms with E-state index in [0.29, 0.717) is 13.1 Å². The highest BCUT2D eigenvalue weighted by Crippen LogP contribution is 2.11. The van der Waals surface area contributed by atoms with Crippen LogP contribution < -0.4 is 0 Å². The van der Waals surface area contributed by atoms with E-state index in [2.05, 4.69) is 0 Å². The molecule has 0 aromatic rings. The highest BCUT2D eigenvalue weighted by Gasteiger charge is 2.17. The Hall–Kier alpha value is -0.350. The van der Waals surface area contributed by atoms with Gasteiger partial charge in [0.05, 0.1) is 6.26 Å². The summed E-state index contributed by atoms with van der Waals surface area (Å²) in [6.07, 6.45) is 4.08. The zero-order valence-electron chi connectivity index (χ0n) is 8.87. The van der Waals surface area contributed by atoms with Crippen molar-refractivity contribution in [3.8, 4) is 0 Å². The molecule has 0 radical (unpaired) electrons. The molecule has 1 aliphatic rings. The van der Waals surface area contributed by atoms with Crippen LogP contribution in [-0.4, -0.2) is 32.1 Å². The molecule has 1 heterocycles. The molecular formula is C9H19NO2S. The van der Waals surface area contributed by atoms with Crippen LogP contribution >= 0.6 is 0 Å². The van der Waals surface area contributed by atoms with Crippen molar-refractivity contribution in [2.75, 3.05) is 19.3 Å². The minimum absolute atomic E-state index is 0.546. The molecule has 0 unspecified atom stereocenters. The van der Waals surface area contributed by atoms with Crippen molar-refractivity contribution >= 4 is 10.0 Å². The predicted octanol–water partition coefficient (Wildman–Crippen LogP) is 1.62. The summed E-state index contributed by atoms with van der Waals surface area (Å²) in [5, 5.41) is 0. The van der Waals surface area contributed by atoms with E-state index in [4.69, 9.17) is 0 Å². The number of hydrogen-bond donors (Lipinski definition) is 0. The van der Waals surface area contributed by atoms with E-state index >= 15 is 0 Å². The van der Waals surface area contributed by atoms with E-state index in [1.54, 1.807) is 0 Å². The third-order valence-corrected chi connectivity index (χ3v) is 3.14. The van der Waals surface area contributed by atoms with Gasteiger partial charge in [-0.3, -0.25) is 0 Å². The summed E-state index contributed by atoms with van der Waals surface area (Å²) in [5.41, 5.74) is 1.28. The van der Waals surface area contributed by atoms with Crippen LogP contribution in [0.25, 0.3) is 0 Å². The van der Waals surface area contributed by atoms with Gasteiger partial charge in [-0.15, -0.1) is 0 Å². The van der Waals surface area contributed by atoms with Crippen molar-refractivity contribution in [2.45, 2.75) is 27.2 Å². The van der Waals surface area contributed by atoms with Gasteiger partial charge in [0, 0.05) is 13.1 Å². The molecule has 0 aliphatic carbocycles. The second kappa shape index (κ2) is 5.40. The third kappa shape index (κ3) is 4.43. The maximum absolute atomic E-state index is 11.0. The molecule has 0 saturated carbocycles. The van der Waals surface area contributed by atoms with Crippen LogP contribution in [0, 0.1) is 0 Å². The highest BCUT2D eigenvalue weighted by molar-refractivity contribution is 7.88. The minimum atomic E-state index is -2.96. The topological polar surface area (TPSA) is 37.4 Å². The van der Waals surface area contributed by atoms with Gasteiger partial charge < -0.3 is 0 Å². The summed E-state index contributed by atoms with van der Waals surface area (Å²) in [6.45, 7) is 7.21. The molecule has 4 heteroatoms. The lowest BCUT2D eigenvalue weighted by molar-refractivity contribution is 0.436. The van der Waals surface area contributed by atoms with Crippen molar-refractivity contribution in [3.05, 3.63) is 11.6 Å². The van der Waals surface area contributed by atoms with E-state index < -0.39 is 10.0 Å². The number of hydrogen-bond acceptors (Lipinski definition) is 2. The largest absolute Gasteiger partial charge is 0.212 e. The maximum atomic E-state index is 11.0. The van der Waals surface area contributed by atoms with Gasteiger partial charge in [0.25, 0.3) is 0 Å². The van der Waals surface area contributed by atoms with E-state index in [9.17, 15) is 8.42 Å². The van der Waals surface area contributed by atoms with Gasteiger partial charge in [-0.05, 0) is 13.3 Å². The molecule has 0 fully saturated rings. The number of rotatable bonds is 1. The van der Waals surface area contributed by atoms with Crippen LogP contribution in [0.2, 0.25) is 0 Å². The van der Waals surface area contributed by atoms with Crippen LogP contribution in [0.4, 0.5) is 0 Å². The van der Waals surface area contributed by atoms with Crippen molar-refractivity contribution in [3.63, 3.8) is 0 Å². The fourth-order valence-electron chi connectivity index (χ4n) is 1.05. The van der Waals surface area contributed by atoms with Gasteiger partial charge in [-0.25, -0.2) is 8.42 Å². The SMILES string of the molecule is CC.CC1=CCN(S(C)(=O)=O)CC1. The Morgan fingerprint density at radius 3 is 2.23 bits per heavy atom. The van der Waals surface area contributed by atoms with Gasteiger partial charge in [-0.2, -0.15) is 4.31 Å². The van der Waals surface area contributed by atoms with Gasteiger partial charge >= 0.3 is 0 Å². The predicted molar refractivity (Wildman–Crippen MR) is 56.1 cm³/mol. The van der Waals surface area contributed by atoms with Crippen molar-refractivity contribution in [1.29, 1.82) is 0 Å². The molecule has 13 heavy (non-hydrogen) atoms. The molecule has 0 atom stereocenters. The van der Waals surface area contributed by atoms with Crippen molar-refractivity contribution < 1.29 is 8.42 Å². The second-order valence-electron chi connectivity index (χ2n) is 2.92. The first-order valence-electron chi connectivity index (χ1n) is 4.61. The Balaban J connectivity index is 0.000000671. The minimum Gasteiger partial charge on any atom is -0.212 e. The summed E-state index contributed by atoms with van der Waals surface area (Å²) >= 11 is 0. The Kier molecular flexibility index (Phi) is 5.25. The lowest BCUT2D eigenvalue weighted by Gasteiger charge is -2.22. The molecule has 1 aliphatic heterocycles. The van der Waals surface area contributed by atoms with E-state index in [1.165, 1.54) is 16.1 Å². The average Bonchev–Trinajstić information content (AvgIpc) is 2.07. The monoisotopic (exact) mass is 205 g/mol. The quantitative estimate of drug-likeness (QED) is 0.610. The van der Waals surface area contributed by atoms with Gasteiger partial charge in [0.1, 0.15) is 0 Å². The van der Waals surface area contributed by atoms with Gasteiger partial charge in [0.15, 0.2) is 0 Å². The fraction of sp³-hybridized carbons (Fsp3) is 0.778. The Morgan fingerprint density at radius 1 is 1.38 bits per heavy atom. The highest BCUT2D eigenvalue weighted by atomic mass is 32.2. The second-order valence-corrected chi connectivity index (χ2v) is 4.90. The molecule has 0 amide bonds. The van der Waals surface area contributed by atoms with Crippen LogP contribution in [0.1, 0.15) is 27.2 Å². The zero-order chi connectivity index (χ0) is 10.5. The Morgan fingerprint density at radius 2 is 1.92 bits per heavy atom. The summed E-state index contributed by atoms with van der Waals surface area (Å²) in [7, 11) is -2.96. The van der Waals surface area contributed by atoms with E-state index in [-0.39, 0.29) is 0 Å². The molecule has 0 aromatic heterocycles. The summed E-state index contributed by atoms with van der Waals surface area (Å²) < 4.78 is 23.5. The average molecular weight is 205 g/mol. The summed E-state index contributed by atoms with van der Waals surface area (Å²) in [4.78, 5) is 0. The molecule has 78 valence electrons. The summed E-state index contributed by atoms with van der Waals surface area (Å²) in [6, 6.07) is 0. The first-order chi connectivity index (χ1) is 6.00. The molecule has 0 N–H and O–H groups in total. The van der Waals surface area contributed by atoms with Gasteiger partial charge in [0.2, 0.25) is 10.0 Å². The number of nitrogens with zero attached hydrogens (tertiary/aromatic N) is 1. The molecule has 0 aromatic carbocycles. The van der Waals surface area contributed by atoms with Crippen LogP contribution in [-0.2, 0) is 10.0 Å². The zero-order valence-corrected chi connectivity index (χ0v) is 9.69. The van der Waals surface area contributed by atoms with Crippen LogP contribution in [0.5, 0.6) is 0 Å². The summed E-state index contributed by atoms with van der Waals surface area (Å²) in [5.74, 6) is 0. The lowest BCUT2D eigenvalue weighted by Crippen LogP contribution is -2.33. The Bertz CT molecular complexity index is 267. The third-order valence-electron chi connectivity index (χ3n) is 1.87. The van der Waals surface area contributed by atoms with Crippen molar-refractivity contribution in [1.82, 2.24) is 4.31 Å². The Labute approximate surface area is 81.5 Å². The maximum Gasteiger partial charge on any atom is 0.211 e. The molecule has 0 saturated heterocycles. The normalized spacial score (nSPS) is 18.6. The standard InChI is InChI=1S/C7H13NO2S.C2H6/c1-7-3-5-8(6-4-7)11(2,9)10;1-2/h3H,4-6H2,1-2H3;1-2H3. The van der Waals surface area contributed by atoms with E-state index in [1.807, 2.05) is 26.8 Å². The van der Waals surface area contributed by atoms with Crippen LogP contribution in [0.3, 0.4) is 0 Å². The first kappa shape index (κ1) is 12.7. The smallest absolute Gasteiger partial charge is 0.211 e. The van der Waals surface area contributed by atoms with Crippen LogP contribution in [0.15, 0.2) is 11.6 Å². The van der Waals surface area contributed by atoms with Gasteiger partial charge in [-0.1, -0.05) is 25.5 Å². The molecule has 3 nitrogen and oxygen atoms in total. The molecular weight excluding hydrogens is 186 g/mol. The first-order valence-corrected chi connectivity index (χ1v) is 6.46. The molecule has 0 spiro atoms. The molecule has 0 bridgehead atoms. The number of sulfonamides is 1. The fourth-order valence-corrected chi connectivity index (χ4v) is 1.82. The molecule has 1 rings (SSSR count). The van der Waals surface area contributed by atoms with Crippen molar-refractivity contribution in [2.24, 2.45) is 0 Å².